The first-order chi connectivity index (χ1) is 12.9. The molecule has 0 saturated heterocycles. The highest BCUT2D eigenvalue weighted by Gasteiger charge is 2.29. The largest absolute Gasteiger partial charge is 0.478 e. The van der Waals surface area contributed by atoms with Crippen LogP contribution in [-0.4, -0.2) is 27.8 Å². The summed E-state index contributed by atoms with van der Waals surface area (Å²) in [7, 11) is 0. The topological polar surface area (TPSA) is 56.1 Å². The van der Waals surface area contributed by atoms with Crippen LogP contribution in [0.1, 0.15) is 19.4 Å². The Kier molecular flexibility index (Phi) is 5.81. The van der Waals surface area contributed by atoms with Crippen LogP contribution in [0.3, 0.4) is 0 Å². The van der Waals surface area contributed by atoms with Crippen LogP contribution < -0.4 is 10.1 Å². The Morgan fingerprint density at radius 2 is 1.85 bits per heavy atom. The molecule has 0 aliphatic carbocycles. The van der Waals surface area contributed by atoms with E-state index in [9.17, 15) is 4.79 Å². The third-order valence-corrected chi connectivity index (χ3v) is 4.39. The van der Waals surface area contributed by atoms with Crippen LogP contribution in [0.15, 0.2) is 67.0 Å². The molecule has 0 aliphatic heterocycles. The van der Waals surface area contributed by atoms with Gasteiger partial charge in [-0.05, 0) is 68.3 Å². The molecule has 6 heteroatoms. The van der Waals surface area contributed by atoms with E-state index in [2.05, 4.69) is 10.4 Å². The van der Waals surface area contributed by atoms with E-state index in [0.29, 0.717) is 17.3 Å². The van der Waals surface area contributed by atoms with Gasteiger partial charge in [0, 0.05) is 24.0 Å². The van der Waals surface area contributed by atoms with Gasteiger partial charge in [-0.2, -0.15) is 5.10 Å². The first-order valence-corrected chi connectivity index (χ1v) is 9.14. The molecule has 3 aromatic rings. The Bertz CT molecular complexity index is 873. The average Bonchev–Trinajstić information content (AvgIpc) is 3.19. The summed E-state index contributed by atoms with van der Waals surface area (Å²) in [6.45, 7) is 4.03. The van der Waals surface area contributed by atoms with Gasteiger partial charge < -0.3 is 10.1 Å². The third kappa shape index (κ3) is 5.11. The fourth-order valence-corrected chi connectivity index (χ4v) is 2.74. The molecular formula is C21H22ClN3O2. The number of hydrogen-bond acceptors (Lipinski definition) is 3. The average molecular weight is 384 g/mol. The lowest BCUT2D eigenvalue weighted by atomic mass is 10.1. The molecule has 3 rings (SSSR count). The van der Waals surface area contributed by atoms with E-state index in [0.717, 1.165) is 17.7 Å². The number of carbonyl (C=O) groups excluding carboxylic acids is 1. The molecule has 1 N–H and O–H groups in total. The zero-order valence-corrected chi connectivity index (χ0v) is 16.1. The summed E-state index contributed by atoms with van der Waals surface area (Å²) in [6.07, 6.45) is 4.39. The lowest BCUT2D eigenvalue weighted by molar-refractivity contribution is -0.134. The van der Waals surface area contributed by atoms with Crippen molar-refractivity contribution in [2.75, 3.05) is 6.54 Å². The second-order valence-corrected chi connectivity index (χ2v) is 7.13. The number of halogens is 1. The van der Waals surface area contributed by atoms with Crippen LogP contribution in [-0.2, 0) is 11.2 Å². The number of nitrogens with one attached hydrogen (secondary N) is 1. The zero-order valence-electron chi connectivity index (χ0n) is 15.4. The molecule has 0 unspecified atom stereocenters. The Morgan fingerprint density at radius 3 is 2.48 bits per heavy atom. The van der Waals surface area contributed by atoms with Crippen LogP contribution in [0.4, 0.5) is 0 Å². The predicted molar refractivity (Wildman–Crippen MR) is 106 cm³/mol. The molecule has 0 saturated carbocycles. The van der Waals surface area contributed by atoms with Gasteiger partial charge in [-0.1, -0.05) is 23.7 Å². The van der Waals surface area contributed by atoms with Crippen molar-refractivity contribution in [2.45, 2.75) is 25.9 Å². The Morgan fingerprint density at radius 1 is 1.15 bits per heavy atom. The summed E-state index contributed by atoms with van der Waals surface area (Å²) >= 11 is 5.87. The molecule has 1 heterocycles. The molecule has 0 spiro atoms. The normalized spacial score (nSPS) is 11.2. The number of amides is 1. The van der Waals surface area contributed by atoms with Gasteiger partial charge in [0.1, 0.15) is 5.75 Å². The molecule has 1 amide bonds. The van der Waals surface area contributed by atoms with Crippen molar-refractivity contribution in [3.63, 3.8) is 0 Å². The minimum Gasteiger partial charge on any atom is -0.478 e. The standard InChI is InChI=1S/C21H22ClN3O2/c1-21(2,27-19-10-6-17(22)7-11-19)20(26)23-14-12-16-4-8-18(9-5-16)25-15-3-13-24-25/h3-11,13,15H,12,14H2,1-2H3,(H,23,26). The SMILES string of the molecule is CC(C)(Oc1ccc(Cl)cc1)C(=O)NCCc1ccc(-n2cccn2)cc1. The maximum atomic E-state index is 12.5. The van der Waals surface area contributed by atoms with E-state index >= 15 is 0 Å². The minimum absolute atomic E-state index is 0.161. The number of rotatable bonds is 7. The first kappa shape index (κ1) is 19.0. The van der Waals surface area contributed by atoms with Gasteiger partial charge in [-0.3, -0.25) is 4.79 Å². The first-order valence-electron chi connectivity index (χ1n) is 8.76. The molecule has 0 atom stereocenters. The summed E-state index contributed by atoms with van der Waals surface area (Å²) in [5, 5.41) is 7.77. The highest BCUT2D eigenvalue weighted by Crippen LogP contribution is 2.21. The third-order valence-electron chi connectivity index (χ3n) is 4.14. The summed E-state index contributed by atoms with van der Waals surface area (Å²) < 4.78 is 7.61. The summed E-state index contributed by atoms with van der Waals surface area (Å²) in [5.41, 5.74) is 1.17. The van der Waals surface area contributed by atoms with Crippen molar-refractivity contribution in [1.29, 1.82) is 0 Å². The maximum Gasteiger partial charge on any atom is 0.263 e. The second kappa shape index (κ2) is 8.27. The van der Waals surface area contributed by atoms with E-state index in [1.807, 2.05) is 41.2 Å². The molecule has 0 aliphatic rings. The fourth-order valence-electron chi connectivity index (χ4n) is 2.61. The van der Waals surface area contributed by atoms with E-state index in [1.165, 1.54) is 0 Å². The number of aromatic nitrogens is 2. The van der Waals surface area contributed by atoms with Gasteiger partial charge in [0.05, 0.1) is 5.69 Å². The Hall–Kier alpha value is -2.79. The van der Waals surface area contributed by atoms with E-state index in [-0.39, 0.29) is 5.91 Å². The molecule has 2 aromatic carbocycles. The number of carbonyl (C=O) groups is 1. The smallest absolute Gasteiger partial charge is 0.263 e. The summed E-state index contributed by atoms with van der Waals surface area (Å²) in [4.78, 5) is 12.5. The van der Waals surface area contributed by atoms with Crippen molar-refractivity contribution >= 4 is 17.5 Å². The van der Waals surface area contributed by atoms with Gasteiger partial charge in [-0.15, -0.1) is 0 Å². The fraction of sp³-hybridized carbons (Fsp3) is 0.238. The molecule has 140 valence electrons. The summed E-state index contributed by atoms with van der Waals surface area (Å²) in [6, 6.07) is 17.0. The predicted octanol–water partition coefficient (Wildman–Crippen LogP) is 4.04. The number of ether oxygens (including phenoxy) is 1. The van der Waals surface area contributed by atoms with Crippen LogP contribution in [0.25, 0.3) is 5.69 Å². The monoisotopic (exact) mass is 383 g/mol. The summed E-state index contributed by atoms with van der Waals surface area (Å²) in [5.74, 6) is 0.444. The second-order valence-electron chi connectivity index (χ2n) is 6.69. The lowest BCUT2D eigenvalue weighted by Crippen LogP contribution is -2.47. The van der Waals surface area contributed by atoms with Crippen LogP contribution in [0, 0.1) is 0 Å². The van der Waals surface area contributed by atoms with Crippen LogP contribution in [0.5, 0.6) is 5.75 Å². The number of nitrogens with zero attached hydrogens (tertiary/aromatic N) is 2. The van der Waals surface area contributed by atoms with Gasteiger partial charge in [0.25, 0.3) is 5.91 Å². The van der Waals surface area contributed by atoms with Crippen molar-refractivity contribution in [2.24, 2.45) is 0 Å². The Balaban J connectivity index is 1.50. The molecule has 0 fully saturated rings. The maximum absolute atomic E-state index is 12.5. The van der Waals surface area contributed by atoms with Gasteiger partial charge in [0.15, 0.2) is 5.60 Å². The molecule has 0 bridgehead atoms. The van der Waals surface area contributed by atoms with E-state index in [1.54, 1.807) is 44.3 Å². The zero-order chi connectivity index (χ0) is 19.3. The molecule has 1 aromatic heterocycles. The van der Waals surface area contributed by atoms with Crippen molar-refractivity contribution < 1.29 is 9.53 Å². The van der Waals surface area contributed by atoms with Gasteiger partial charge in [-0.25, -0.2) is 4.68 Å². The van der Waals surface area contributed by atoms with Gasteiger partial charge >= 0.3 is 0 Å². The molecule has 5 nitrogen and oxygen atoms in total. The number of benzene rings is 2. The highest BCUT2D eigenvalue weighted by atomic mass is 35.5. The number of hydrogen-bond donors (Lipinski definition) is 1. The molecule has 27 heavy (non-hydrogen) atoms. The van der Waals surface area contributed by atoms with E-state index < -0.39 is 5.60 Å². The molecular weight excluding hydrogens is 362 g/mol. The van der Waals surface area contributed by atoms with E-state index in [4.69, 9.17) is 16.3 Å². The Labute approximate surface area is 163 Å². The minimum atomic E-state index is -0.974. The highest BCUT2D eigenvalue weighted by molar-refractivity contribution is 6.30. The van der Waals surface area contributed by atoms with Gasteiger partial charge in [0.2, 0.25) is 0 Å². The van der Waals surface area contributed by atoms with Crippen molar-refractivity contribution in [1.82, 2.24) is 15.1 Å². The van der Waals surface area contributed by atoms with Crippen molar-refractivity contribution in [3.05, 3.63) is 77.6 Å². The van der Waals surface area contributed by atoms with Crippen LogP contribution in [0.2, 0.25) is 5.02 Å². The van der Waals surface area contributed by atoms with Crippen molar-refractivity contribution in [3.8, 4) is 11.4 Å². The molecule has 0 radical (unpaired) electrons. The lowest BCUT2D eigenvalue weighted by Gasteiger charge is -2.25. The van der Waals surface area contributed by atoms with Crippen LogP contribution >= 0.6 is 11.6 Å². The quantitative estimate of drug-likeness (QED) is 0.669.